The molecule has 3 heteroatoms. The minimum atomic E-state index is 0.450. The maximum atomic E-state index is 3.69. The van der Waals surface area contributed by atoms with E-state index >= 15 is 0 Å². The average Bonchev–Trinajstić information content (AvgIpc) is 2.67. The fourth-order valence-electron chi connectivity index (χ4n) is 3.63. The molecule has 0 spiro atoms. The summed E-state index contributed by atoms with van der Waals surface area (Å²) in [6, 6.07) is 0.737. The molecule has 0 aromatic carbocycles. The van der Waals surface area contributed by atoms with Crippen molar-refractivity contribution in [3.63, 3.8) is 0 Å². The van der Waals surface area contributed by atoms with Gasteiger partial charge in [-0.2, -0.15) is 0 Å². The summed E-state index contributed by atoms with van der Waals surface area (Å²) >= 11 is 0. The molecule has 1 rings (SSSR count). The van der Waals surface area contributed by atoms with Crippen molar-refractivity contribution in [3.05, 3.63) is 0 Å². The lowest BCUT2D eigenvalue weighted by Gasteiger charge is -2.40. The predicted octanol–water partition coefficient (Wildman–Crippen LogP) is 3.21. The van der Waals surface area contributed by atoms with Gasteiger partial charge in [-0.25, -0.2) is 0 Å². The van der Waals surface area contributed by atoms with Crippen LogP contribution in [0.4, 0.5) is 0 Å². The molecular weight excluding hydrogens is 258 g/mol. The third-order valence-corrected chi connectivity index (χ3v) is 5.46. The lowest BCUT2D eigenvalue weighted by atomic mass is 9.81. The fourth-order valence-corrected chi connectivity index (χ4v) is 3.63. The molecule has 126 valence electrons. The Bertz CT molecular complexity index is 263. The number of hydrogen-bond donors (Lipinski definition) is 1. The van der Waals surface area contributed by atoms with Crippen LogP contribution in [-0.2, 0) is 0 Å². The van der Waals surface area contributed by atoms with Gasteiger partial charge in [0, 0.05) is 25.7 Å². The molecule has 0 aromatic rings. The molecule has 1 heterocycles. The van der Waals surface area contributed by atoms with E-state index in [9.17, 15) is 0 Å². The molecular formula is C18H39N3. The summed E-state index contributed by atoms with van der Waals surface area (Å²) < 4.78 is 0. The van der Waals surface area contributed by atoms with Gasteiger partial charge >= 0.3 is 0 Å². The van der Waals surface area contributed by atoms with Crippen molar-refractivity contribution in [1.82, 2.24) is 15.1 Å². The Morgan fingerprint density at radius 2 is 1.81 bits per heavy atom. The second kappa shape index (κ2) is 9.81. The minimum Gasteiger partial charge on any atom is -0.316 e. The quantitative estimate of drug-likeness (QED) is 0.659. The van der Waals surface area contributed by atoms with Crippen LogP contribution in [0.15, 0.2) is 0 Å². The van der Waals surface area contributed by atoms with E-state index in [-0.39, 0.29) is 0 Å². The van der Waals surface area contributed by atoms with Crippen molar-refractivity contribution in [1.29, 1.82) is 0 Å². The molecule has 0 bridgehead atoms. The van der Waals surface area contributed by atoms with Crippen molar-refractivity contribution in [2.75, 3.05) is 46.3 Å². The fraction of sp³-hybridized carbons (Fsp3) is 1.00. The molecule has 0 radical (unpaired) electrons. The van der Waals surface area contributed by atoms with Crippen LogP contribution < -0.4 is 5.32 Å². The molecule has 21 heavy (non-hydrogen) atoms. The highest BCUT2D eigenvalue weighted by atomic mass is 15.2. The van der Waals surface area contributed by atoms with Gasteiger partial charge in [-0.1, -0.05) is 27.7 Å². The zero-order chi connectivity index (χ0) is 15.7. The van der Waals surface area contributed by atoms with Crippen molar-refractivity contribution in [2.24, 2.45) is 5.41 Å². The van der Waals surface area contributed by atoms with E-state index in [1.807, 2.05) is 0 Å². The van der Waals surface area contributed by atoms with Crippen LogP contribution in [0, 0.1) is 5.41 Å². The van der Waals surface area contributed by atoms with Crippen LogP contribution in [0.2, 0.25) is 0 Å². The molecule has 1 aliphatic heterocycles. The molecule has 0 amide bonds. The SMILES string of the molecule is CCCNCC(CC)(CC)CN1CCCN(C)CC1CC. The monoisotopic (exact) mass is 297 g/mol. The zero-order valence-corrected chi connectivity index (χ0v) is 15.2. The summed E-state index contributed by atoms with van der Waals surface area (Å²) in [5.41, 5.74) is 0.450. The second-order valence-electron chi connectivity index (χ2n) is 7.03. The van der Waals surface area contributed by atoms with Crippen LogP contribution in [0.1, 0.15) is 59.8 Å². The number of nitrogens with zero attached hydrogens (tertiary/aromatic N) is 2. The van der Waals surface area contributed by atoms with Crippen LogP contribution in [0.25, 0.3) is 0 Å². The Morgan fingerprint density at radius 3 is 2.38 bits per heavy atom. The van der Waals surface area contributed by atoms with Gasteiger partial charge in [0.1, 0.15) is 0 Å². The van der Waals surface area contributed by atoms with E-state index < -0.39 is 0 Å². The standard InChI is InChI=1S/C18H39N3/c1-6-11-19-15-18(8-3,9-4)16-21-13-10-12-20(5)14-17(21)7-2/h17,19H,6-16H2,1-5H3. The largest absolute Gasteiger partial charge is 0.316 e. The van der Waals surface area contributed by atoms with Crippen molar-refractivity contribution < 1.29 is 0 Å². The molecule has 3 nitrogen and oxygen atoms in total. The van der Waals surface area contributed by atoms with Crippen molar-refractivity contribution >= 4 is 0 Å². The first-order chi connectivity index (χ1) is 10.1. The Labute approximate surface area is 133 Å². The summed E-state index contributed by atoms with van der Waals surface area (Å²) in [5, 5.41) is 3.69. The first-order valence-electron chi connectivity index (χ1n) is 9.24. The molecule has 0 saturated carbocycles. The molecule has 0 aromatic heterocycles. The van der Waals surface area contributed by atoms with Gasteiger partial charge in [0.25, 0.3) is 0 Å². The summed E-state index contributed by atoms with van der Waals surface area (Å²) in [5.74, 6) is 0. The number of likely N-dealkylation sites (N-methyl/N-ethyl adjacent to an activating group) is 1. The topological polar surface area (TPSA) is 18.5 Å². The normalized spacial score (nSPS) is 22.4. The van der Waals surface area contributed by atoms with Crippen molar-refractivity contribution in [2.45, 2.75) is 65.8 Å². The summed E-state index contributed by atoms with van der Waals surface area (Å²) in [6.45, 7) is 16.7. The highest BCUT2D eigenvalue weighted by Gasteiger charge is 2.32. The Morgan fingerprint density at radius 1 is 1.10 bits per heavy atom. The van der Waals surface area contributed by atoms with E-state index in [0.29, 0.717) is 5.41 Å². The Balaban J connectivity index is 2.70. The van der Waals surface area contributed by atoms with Crippen molar-refractivity contribution in [3.8, 4) is 0 Å². The smallest absolute Gasteiger partial charge is 0.0220 e. The van der Waals surface area contributed by atoms with E-state index in [0.717, 1.165) is 12.6 Å². The average molecular weight is 298 g/mol. The summed E-state index contributed by atoms with van der Waals surface area (Å²) in [4.78, 5) is 5.31. The van der Waals surface area contributed by atoms with Gasteiger partial charge in [0.2, 0.25) is 0 Å². The molecule has 1 aliphatic rings. The molecule has 1 N–H and O–H groups in total. The molecule has 1 fully saturated rings. The van der Waals surface area contributed by atoms with Gasteiger partial charge in [-0.3, -0.25) is 4.90 Å². The first-order valence-corrected chi connectivity index (χ1v) is 9.24. The van der Waals surface area contributed by atoms with Gasteiger partial charge in [-0.15, -0.1) is 0 Å². The highest BCUT2D eigenvalue weighted by Crippen LogP contribution is 2.29. The van der Waals surface area contributed by atoms with E-state index in [1.165, 1.54) is 64.8 Å². The lowest BCUT2D eigenvalue weighted by molar-refractivity contribution is 0.0957. The second-order valence-corrected chi connectivity index (χ2v) is 7.03. The van der Waals surface area contributed by atoms with Crippen LogP contribution in [0.5, 0.6) is 0 Å². The van der Waals surface area contributed by atoms with Gasteiger partial charge in [0.05, 0.1) is 0 Å². The zero-order valence-electron chi connectivity index (χ0n) is 15.2. The number of rotatable bonds is 9. The molecule has 0 aliphatic carbocycles. The summed E-state index contributed by atoms with van der Waals surface area (Å²) in [6.07, 6.45) is 6.39. The van der Waals surface area contributed by atoms with E-state index in [4.69, 9.17) is 0 Å². The molecule has 1 saturated heterocycles. The van der Waals surface area contributed by atoms with Crippen LogP contribution >= 0.6 is 0 Å². The van der Waals surface area contributed by atoms with E-state index in [2.05, 4.69) is 49.9 Å². The maximum absolute atomic E-state index is 3.69. The maximum Gasteiger partial charge on any atom is 0.0220 e. The number of nitrogens with one attached hydrogen (secondary N) is 1. The summed E-state index contributed by atoms with van der Waals surface area (Å²) in [7, 11) is 2.28. The first kappa shape index (κ1) is 18.9. The molecule has 1 atom stereocenters. The van der Waals surface area contributed by atoms with E-state index in [1.54, 1.807) is 0 Å². The third kappa shape index (κ3) is 5.88. The minimum absolute atomic E-state index is 0.450. The Hall–Kier alpha value is -0.120. The highest BCUT2D eigenvalue weighted by molar-refractivity contribution is 4.87. The lowest BCUT2D eigenvalue weighted by Crippen LogP contribution is -2.49. The van der Waals surface area contributed by atoms with Gasteiger partial charge in [-0.05, 0) is 64.2 Å². The Kier molecular flexibility index (Phi) is 8.84. The van der Waals surface area contributed by atoms with Crippen LogP contribution in [-0.4, -0.2) is 62.2 Å². The predicted molar refractivity (Wildman–Crippen MR) is 93.9 cm³/mol. The third-order valence-electron chi connectivity index (χ3n) is 5.46. The van der Waals surface area contributed by atoms with Gasteiger partial charge in [0.15, 0.2) is 0 Å². The van der Waals surface area contributed by atoms with Crippen LogP contribution in [0.3, 0.4) is 0 Å². The van der Waals surface area contributed by atoms with Gasteiger partial charge < -0.3 is 10.2 Å². The molecule has 1 unspecified atom stereocenters. The number of hydrogen-bond acceptors (Lipinski definition) is 3.